The Bertz CT molecular complexity index is 170. The molecule has 1 atom stereocenters. The van der Waals surface area contributed by atoms with Crippen molar-refractivity contribution < 1.29 is 9.90 Å². The van der Waals surface area contributed by atoms with Crippen LogP contribution < -0.4 is 11.3 Å². The largest absolute Gasteiger partial charge is 0.375 e. The van der Waals surface area contributed by atoms with Crippen molar-refractivity contribution in [3.63, 3.8) is 0 Å². The smallest absolute Gasteiger partial charge is 0.237 e. The average molecular weight is 143 g/mol. The van der Waals surface area contributed by atoms with Crippen LogP contribution in [0.15, 0.2) is 0 Å². The van der Waals surface area contributed by atoms with E-state index >= 15 is 0 Å². The Labute approximate surface area is 58.4 Å². The summed E-state index contributed by atoms with van der Waals surface area (Å²) >= 11 is 0. The lowest BCUT2D eigenvalue weighted by atomic mass is 10.1. The van der Waals surface area contributed by atoms with Crippen LogP contribution in [0.3, 0.4) is 0 Å². The lowest BCUT2D eigenvalue weighted by Gasteiger charge is -2.11. The number of amides is 1. The van der Waals surface area contributed by atoms with Gasteiger partial charge in [0.05, 0.1) is 12.5 Å². The van der Waals surface area contributed by atoms with Gasteiger partial charge in [-0.15, -0.1) is 0 Å². The first-order chi connectivity index (χ1) is 4.52. The zero-order chi connectivity index (χ0) is 8.20. The summed E-state index contributed by atoms with van der Waals surface area (Å²) in [5, 5.41) is 17.2. The molecule has 10 heavy (non-hydrogen) atoms. The van der Waals surface area contributed by atoms with E-state index in [0.29, 0.717) is 0 Å². The third kappa shape index (κ3) is 3.02. The van der Waals surface area contributed by atoms with Crippen LogP contribution in [0.5, 0.6) is 0 Å². The minimum Gasteiger partial charge on any atom is -0.375 e. The molecule has 5 heteroatoms. The van der Waals surface area contributed by atoms with E-state index in [-0.39, 0.29) is 6.42 Å². The minimum absolute atomic E-state index is 0.306. The van der Waals surface area contributed by atoms with Crippen LogP contribution >= 0.6 is 0 Å². The zero-order valence-electron chi connectivity index (χ0n) is 5.59. The number of nitriles is 1. The molecule has 0 aliphatic heterocycles. The summed E-state index contributed by atoms with van der Waals surface area (Å²) in [6.07, 6.45) is -0.306. The molecule has 0 bridgehead atoms. The normalized spacial score (nSPS) is 15.0. The Morgan fingerprint density at radius 2 is 2.50 bits per heavy atom. The summed E-state index contributed by atoms with van der Waals surface area (Å²) in [7, 11) is 0. The topological polar surface area (TPSA) is 99.1 Å². The zero-order valence-corrected chi connectivity index (χ0v) is 5.59. The molecule has 0 saturated heterocycles. The molecule has 0 aromatic rings. The molecule has 0 aliphatic carbocycles. The first-order valence-corrected chi connectivity index (χ1v) is 2.65. The van der Waals surface area contributed by atoms with E-state index in [9.17, 15) is 4.79 Å². The second-order valence-corrected chi connectivity index (χ2v) is 2.13. The van der Waals surface area contributed by atoms with Gasteiger partial charge >= 0.3 is 0 Å². The number of hydrazine groups is 1. The molecule has 0 saturated carbocycles. The van der Waals surface area contributed by atoms with Gasteiger partial charge in [0.15, 0.2) is 5.60 Å². The van der Waals surface area contributed by atoms with E-state index in [0.717, 1.165) is 0 Å². The van der Waals surface area contributed by atoms with Gasteiger partial charge in [0.25, 0.3) is 0 Å². The Kier molecular flexibility index (Phi) is 2.80. The van der Waals surface area contributed by atoms with Crippen molar-refractivity contribution in [3.05, 3.63) is 0 Å². The van der Waals surface area contributed by atoms with Gasteiger partial charge in [0.1, 0.15) is 0 Å². The van der Waals surface area contributed by atoms with Crippen molar-refractivity contribution in [3.8, 4) is 6.07 Å². The van der Waals surface area contributed by atoms with Crippen molar-refractivity contribution in [1.82, 2.24) is 5.43 Å². The van der Waals surface area contributed by atoms with Crippen LogP contribution in [0.4, 0.5) is 0 Å². The van der Waals surface area contributed by atoms with Gasteiger partial charge in [0, 0.05) is 0 Å². The molecule has 0 heterocycles. The molecular weight excluding hydrogens is 134 g/mol. The predicted octanol–water partition coefficient (Wildman–Crippen LogP) is -1.36. The molecule has 0 rings (SSSR count). The first-order valence-electron chi connectivity index (χ1n) is 2.65. The van der Waals surface area contributed by atoms with E-state index in [2.05, 4.69) is 0 Å². The maximum absolute atomic E-state index is 10.4. The van der Waals surface area contributed by atoms with Crippen molar-refractivity contribution in [2.75, 3.05) is 0 Å². The molecule has 5 nitrogen and oxygen atoms in total. The van der Waals surface area contributed by atoms with Crippen molar-refractivity contribution in [2.45, 2.75) is 18.9 Å². The molecule has 4 N–H and O–H groups in total. The molecular formula is C5H9N3O2. The van der Waals surface area contributed by atoms with Crippen molar-refractivity contribution in [1.29, 1.82) is 5.26 Å². The lowest BCUT2D eigenvalue weighted by Crippen LogP contribution is -2.36. The van der Waals surface area contributed by atoms with Gasteiger partial charge in [-0.05, 0) is 6.92 Å². The van der Waals surface area contributed by atoms with Gasteiger partial charge in [-0.2, -0.15) is 5.26 Å². The predicted molar refractivity (Wildman–Crippen MR) is 33.2 cm³/mol. The molecule has 0 aromatic heterocycles. The fourth-order valence-corrected chi connectivity index (χ4v) is 0.403. The molecule has 0 fully saturated rings. The van der Waals surface area contributed by atoms with Crippen LogP contribution in [-0.2, 0) is 4.79 Å². The number of rotatable bonds is 2. The summed E-state index contributed by atoms with van der Waals surface area (Å²) in [6.45, 7) is 1.24. The fourth-order valence-electron chi connectivity index (χ4n) is 0.403. The highest BCUT2D eigenvalue weighted by Crippen LogP contribution is 2.05. The average Bonchev–Trinajstić information content (AvgIpc) is 1.87. The minimum atomic E-state index is -1.62. The highest BCUT2D eigenvalue weighted by molar-refractivity contribution is 5.76. The molecule has 0 spiro atoms. The molecule has 56 valence electrons. The molecule has 1 amide bonds. The molecule has 0 radical (unpaired) electrons. The number of hydrogen-bond acceptors (Lipinski definition) is 4. The van der Waals surface area contributed by atoms with Gasteiger partial charge < -0.3 is 5.11 Å². The number of nitrogens with two attached hydrogens (primary N) is 1. The van der Waals surface area contributed by atoms with E-state index in [1.807, 2.05) is 0 Å². The summed E-state index contributed by atoms with van der Waals surface area (Å²) in [6, 6.07) is 1.55. The van der Waals surface area contributed by atoms with Gasteiger partial charge in [-0.3, -0.25) is 10.2 Å². The maximum atomic E-state index is 10.4. The molecule has 0 aliphatic rings. The van der Waals surface area contributed by atoms with Crippen LogP contribution in [0, 0.1) is 11.3 Å². The SMILES string of the molecule is CC(O)(C#N)CC(=O)NN. The summed E-state index contributed by atoms with van der Waals surface area (Å²) in [5.41, 5.74) is 0.184. The molecule has 0 aromatic carbocycles. The quantitative estimate of drug-likeness (QED) is 0.192. The maximum Gasteiger partial charge on any atom is 0.237 e. The van der Waals surface area contributed by atoms with E-state index in [1.54, 1.807) is 11.5 Å². The molecule has 1 unspecified atom stereocenters. The van der Waals surface area contributed by atoms with E-state index in [4.69, 9.17) is 16.2 Å². The monoisotopic (exact) mass is 143 g/mol. The van der Waals surface area contributed by atoms with Gasteiger partial charge in [0.2, 0.25) is 5.91 Å². The second-order valence-electron chi connectivity index (χ2n) is 2.13. The number of nitrogens with one attached hydrogen (secondary N) is 1. The first kappa shape index (κ1) is 8.88. The lowest BCUT2D eigenvalue weighted by molar-refractivity contribution is -0.124. The van der Waals surface area contributed by atoms with E-state index in [1.165, 1.54) is 6.92 Å². The van der Waals surface area contributed by atoms with Crippen molar-refractivity contribution >= 4 is 5.91 Å². The van der Waals surface area contributed by atoms with E-state index < -0.39 is 11.5 Å². The Morgan fingerprint density at radius 3 is 2.80 bits per heavy atom. The third-order valence-corrected chi connectivity index (χ3v) is 0.907. The van der Waals surface area contributed by atoms with Crippen LogP contribution in [-0.4, -0.2) is 16.6 Å². The summed E-state index contributed by atoms with van der Waals surface area (Å²) in [5.74, 6) is 4.15. The second kappa shape index (κ2) is 3.15. The highest BCUT2D eigenvalue weighted by Gasteiger charge is 2.22. The Balaban J connectivity index is 3.92. The number of aliphatic hydroxyl groups is 1. The summed E-state index contributed by atoms with van der Waals surface area (Å²) < 4.78 is 0. The van der Waals surface area contributed by atoms with Crippen LogP contribution in [0.1, 0.15) is 13.3 Å². The van der Waals surface area contributed by atoms with Crippen LogP contribution in [0.2, 0.25) is 0 Å². The fraction of sp³-hybridized carbons (Fsp3) is 0.600. The number of hydrogen-bond donors (Lipinski definition) is 3. The third-order valence-electron chi connectivity index (χ3n) is 0.907. The standard InChI is InChI=1S/C5H9N3O2/c1-5(10,3-6)2-4(9)8-7/h10H,2,7H2,1H3,(H,8,9). The number of nitrogens with zero attached hydrogens (tertiary/aromatic N) is 1. The van der Waals surface area contributed by atoms with Gasteiger partial charge in [-0.25, -0.2) is 5.84 Å². The number of carbonyl (C=O) groups excluding carboxylic acids is 1. The summed E-state index contributed by atoms with van der Waals surface area (Å²) in [4.78, 5) is 10.4. The van der Waals surface area contributed by atoms with Crippen molar-refractivity contribution in [2.24, 2.45) is 5.84 Å². The Hall–Kier alpha value is -1.12. The van der Waals surface area contributed by atoms with Crippen LogP contribution in [0.25, 0.3) is 0 Å². The highest BCUT2D eigenvalue weighted by atomic mass is 16.3. The number of carbonyl (C=O) groups is 1. The van der Waals surface area contributed by atoms with Gasteiger partial charge in [-0.1, -0.05) is 0 Å². The Morgan fingerprint density at radius 1 is 2.00 bits per heavy atom.